The summed E-state index contributed by atoms with van der Waals surface area (Å²) in [5.41, 5.74) is 2.37. The number of nitrogens with one attached hydrogen (secondary N) is 1. The van der Waals surface area contributed by atoms with Crippen LogP contribution in [0.4, 0.5) is 5.69 Å². The SMILES string of the molecule is Cc1c(Cc2cccc(NS(N)(=O)=O)c2)c(=O)oc2ccc(Cl)cc12. The Balaban J connectivity index is 2.04. The largest absolute Gasteiger partial charge is 0.423 e. The van der Waals surface area contributed by atoms with E-state index < -0.39 is 15.8 Å². The van der Waals surface area contributed by atoms with Crippen molar-refractivity contribution in [2.75, 3.05) is 4.72 Å². The lowest BCUT2D eigenvalue weighted by Crippen LogP contribution is -2.21. The van der Waals surface area contributed by atoms with Crippen LogP contribution in [0.2, 0.25) is 5.02 Å². The first kappa shape index (κ1) is 17.5. The molecule has 0 radical (unpaired) electrons. The second-order valence-corrected chi connectivity index (χ2v) is 7.39. The van der Waals surface area contributed by atoms with Gasteiger partial charge in [0.2, 0.25) is 0 Å². The molecule has 1 heterocycles. The predicted octanol–water partition coefficient (Wildman–Crippen LogP) is 2.96. The van der Waals surface area contributed by atoms with E-state index in [1.165, 1.54) is 0 Å². The van der Waals surface area contributed by atoms with Crippen molar-refractivity contribution in [1.29, 1.82) is 0 Å². The van der Waals surface area contributed by atoms with Crippen molar-refractivity contribution >= 4 is 38.5 Å². The molecular weight excluding hydrogens is 364 g/mol. The van der Waals surface area contributed by atoms with E-state index in [4.69, 9.17) is 21.2 Å². The molecule has 0 bridgehead atoms. The number of fused-ring (bicyclic) bond motifs is 1. The second kappa shape index (κ2) is 6.51. The van der Waals surface area contributed by atoms with Crippen molar-refractivity contribution in [3.8, 4) is 0 Å². The highest BCUT2D eigenvalue weighted by atomic mass is 35.5. The molecule has 3 N–H and O–H groups in total. The van der Waals surface area contributed by atoms with Crippen LogP contribution in [-0.4, -0.2) is 8.42 Å². The average molecular weight is 379 g/mol. The van der Waals surface area contributed by atoms with E-state index in [2.05, 4.69) is 4.72 Å². The van der Waals surface area contributed by atoms with Crippen LogP contribution in [0.5, 0.6) is 0 Å². The van der Waals surface area contributed by atoms with Gasteiger partial charge in [-0.2, -0.15) is 8.42 Å². The molecule has 0 atom stereocenters. The summed E-state index contributed by atoms with van der Waals surface area (Å²) in [5.74, 6) is 0. The number of anilines is 1. The fourth-order valence-corrected chi connectivity index (χ4v) is 3.31. The quantitative estimate of drug-likeness (QED) is 0.681. The van der Waals surface area contributed by atoms with Crippen molar-refractivity contribution in [3.05, 3.63) is 74.6 Å². The van der Waals surface area contributed by atoms with Crippen LogP contribution in [0.25, 0.3) is 11.0 Å². The van der Waals surface area contributed by atoms with Crippen LogP contribution < -0.4 is 15.5 Å². The lowest BCUT2D eigenvalue weighted by molar-refractivity contribution is 0.551. The van der Waals surface area contributed by atoms with Gasteiger partial charge in [0.1, 0.15) is 5.58 Å². The van der Waals surface area contributed by atoms with E-state index in [0.29, 0.717) is 21.9 Å². The average Bonchev–Trinajstić information content (AvgIpc) is 2.51. The van der Waals surface area contributed by atoms with Crippen LogP contribution in [0.15, 0.2) is 51.7 Å². The first-order valence-corrected chi connectivity index (χ1v) is 9.27. The second-order valence-electron chi connectivity index (χ2n) is 5.66. The van der Waals surface area contributed by atoms with E-state index in [0.717, 1.165) is 16.5 Å². The summed E-state index contributed by atoms with van der Waals surface area (Å²) in [5, 5.41) is 6.29. The van der Waals surface area contributed by atoms with E-state index in [1.54, 1.807) is 42.5 Å². The molecule has 0 amide bonds. The van der Waals surface area contributed by atoms with Gasteiger partial charge in [-0.25, -0.2) is 9.93 Å². The highest BCUT2D eigenvalue weighted by Crippen LogP contribution is 2.25. The third-order valence-electron chi connectivity index (χ3n) is 3.82. The van der Waals surface area contributed by atoms with Crippen molar-refractivity contribution < 1.29 is 12.8 Å². The molecule has 3 aromatic rings. The van der Waals surface area contributed by atoms with E-state index in [9.17, 15) is 13.2 Å². The molecule has 6 nitrogen and oxygen atoms in total. The third-order valence-corrected chi connectivity index (χ3v) is 4.57. The molecule has 3 rings (SSSR count). The maximum absolute atomic E-state index is 12.3. The van der Waals surface area contributed by atoms with Crippen molar-refractivity contribution in [2.45, 2.75) is 13.3 Å². The van der Waals surface area contributed by atoms with Gasteiger partial charge in [0.25, 0.3) is 10.2 Å². The molecule has 0 spiro atoms. The minimum absolute atomic E-state index is 0.288. The van der Waals surface area contributed by atoms with Crippen LogP contribution in [0, 0.1) is 6.92 Å². The Hall–Kier alpha value is -2.35. The fraction of sp³-hybridized carbons (Fsp3) is 0.118. The summed E-state index contributed by atoms with van der Waals surface area (Å²) >= 11 is 6.03. The minimum atomic E-state index is -3.86. The van der Waals surface area contributed by atoms with Crippen molar-refractivity contribution in [3.63, 3.8) is 0 Å². The molecule has 0 aliphatic heterocycles. The first-order valence-electron chi connectivity index (χ1n) is 7.34. The fourth-order valence-electron chi connectivity index (χ4n) is 2.68. The van der Waals surface area contributed by atoms with E-state index in [-0.39, 0.29) is 6.42 Å². The van der Waals surface area contributed by atoms with Gasteiger partial charge in [0.15, 0.2) is 0 Å². The summed E-state index contributed by atoms with van der Waals surface area (Å²) in [6.45, 7) is 1.83. The highest BCUT2D eigenvalue weighted by Gasteiger charge is 2.13. The Kier molecular flexibility index (Phi) is 4.55. The molecule has 8 heteroatoms. The molecular formula is C17H15ClN2O4S. The van der Waals surface area contributed by atoms with Crippen LogP contribution in [-0.2, 0) is 16.6 Å². The number of hydrogen-bond donors (Lipinski definition) is 2. The van der Waals surface area contributed by atoms with Gasteiger partial charge in [-0.1, -0.05) is 23.7 Å². The Morgan fingerprint density at radius 1 is 1.20 bits per heavy atom. The minimum Gasteiger partial charge on any atom is -0.423 e. The maximum Gasteiger partial charge on any atom is 0.340 e. The van der Waals surface area contributed by atoms with Crippen LogP contribution >= 0.6 is 11.6 Å². The molecule has 1 aromatic heterocycles. The Morgan fingerprint density at radius 2 is 1.96 bits per heavy atom. The topological polar surface area (TPSA) is 102 Å². The molecule has 0 aliphatic rings. The van der Waals surface area contributed by atoms with E-state index in [1.807, 2.05) is 6.92 Å². The number of halogens is 1. The van der Waals surface area contributed by atoms with Gasteiger partial charge in [0.05, 0.1) is 5.69 Å². The Bertz CT molecular complexity index is 1120. The van der Waals surface area contributed by atoms with Gasteiger partial charge in [-0.15, -0.1) is 0 Å². The summed E-state index contributed by atoms with van der Waals surface area (Å²) in [6, 6.07) is 11.7. The zero-order valence-electron chi connectivity index (χ0n) is 13.2. The zero-order valence-corrected chi connectivity index (χ0v) is 14.8. The van der Waals surface area contributed by atoms with Gasteiger partial charge < -0.3 is 4.42 Å². The third kappa shape index (κ3) is 4.01. The zero-order chi connectivity index (χ0) is 18.2. The first-order chi connectivity index (χ1) is 11.7. The molecule has 0 unspecified atom stereocenters. The molecule has 2 aromatic carbocycles. The van der Waals surface area contributed by atoms with Gasteiger partial charge >= 0.3 is 5.63 Å². The molecule has 0 fully saturated rings. The van der Waals surface area contributed by atoms with Gasteiger partial charge in [-0.3, -0.25) is 4.72 Å². The Labute approximate surface area is 149 Å². The lowest BCUT2D eigenvalue weighted by Gasteiger charge is -2.10. The normalized spacial score (nSPS) is 11.6. The smallest absolute Gasteiger partial charge is 0.340 e. The Morgan fingerprint density at radius 3 is 2.68 bits per heavy atom. The highest BCUT2D eigenvalue weighted by molar-refractivity contribution is 7.90. The van der Waals surface area contributed by atoms with Crippen LogP contribution in [0.1, 0.15) is 16.7 Å². The van der Waals surface area contributed by atoms with E-state index >= 15 is 0 Å². The molecule has 0 saturated carbocycles. The van der Waals surface area contributed by atoms with Gasteiger partial charge in [0, 0.05) is 22.4 Å². The summed E-state index contributed by atoms with van der Waals surface area (Å²) < 4.78 is 29.9. The van der Waals surface area contributed by atoms with Crippen LogP contribution in [0.3, 0.4) is 0 Å². The van der Waals surface area contributed by atoms with Crippen molar-refractivity contribution in [2.24, 2.45) is 5.14 Å². The van der Waals surface area contributed by atoms with Gasteiger partial charge in [-0.05, 0) is 48.4 Å². The maximum atomic E-state index is 12.3. The molecule has 130 valence electrons. The number of hydrogen-bond acceptors (Lipinski definition) is 4. The number of nitrogens with two attached hydrogens (primary N) is 1. The summed E-state index contributed by atoms with van der Waals surface area (Å²) in [4.78, 5) is 12.3. The lowest BCUT2D eigenvalue weighted by atomic mass is 9.99. The molecule has 0 saturated heterocycles. The number of benzene rings is 2. The monoisotopic (exact) mass is 378 g/mol. The van der Waals surface area contributed by atoms with Crippen molar-refractivity contribution in [1.82, 2.24) is 0 Å². The standard InChI is InChI=1S/C17H15ClN2O4S/c1-10-14-9-12(18)5-6-16(14)24-17(21)15(10)8-11-3-2-4-13(7-11)20-25(19,22)23/h2-7,9,20H,8H2,1H3,(H2,19,22,23). The summed E-state index contributed by atoms with van der Waals surface area (Å²) in [6.07, 6.45) is 0.288. The predicted molar refractivity (Wildman–Crippen MR) is 98.2 cm³/mol. The summed E-state index contributed by atoms with van der Waals surface area (Å²) in [7, 11) is -3.86. The number of aryl methyl sites for hydroxylation is 1. The molecule has 0 aliphatic carbocycles. The molecule has 25 heavy (non-hydrogen) atoms. The number of rotatable bonds is 4.